The van der Waals surface area contributed by atoms with Gasteiger partial charge in [0, 0.05) is 9.35 Å². The predicted octanol–water partition coefficient (Wildman–Crippen LogP) is 2.00. The van der Waals surface area contributed by atoms with Crippen LogP contribution in [0.5, 0.6) is 0 Å². The molecule has 0 radical (unpaired) electrons. The third-order valence-electron chi connectivity index (χ3n) is 1.75. The van der Waals surface area contributed by atoms with Gasteiger partial charge in [-0.25, -0.2) is 10.1 Å². The lowest BCUT2D eigenvalue weighted by Crippen LogP contribution is -2.19. The van der Waals surface area contributed by atoms with Crippen molar-refractivity contribution in [2.45, 2.75) is 0 Å². The summed E-state index contributed by atoms with van der Waals surface area (Å²) in [6, 6.07) is 1.86. The van der Waals surface area contributed by atoms with Crippen molar-refractivity contribution in [1.82, 2.24) is 15.7 Å². The van der Waals surface area contributed by atoms with Gasteiger partial charge in [0.25, 0.3) is 5.91 Å². The smallest absolute Gasteiger partial charge is 0.297 e. The summed E-state index contributed by atoms with van der Waals surface area (Å²) in [6.07, 6.45) is 1.50. The zero-order chi connectivity index (χ0) is 13.1. The van der Waals surface area contributed by atoms with Crippen molar-refractivity contribution in [3.8, 4) is 0 Å². The van der Waals surface area contributed by atoms with Gasteiger partial charge in [-0.3, -0.25) is 4.79 Å². The molecule has 2 aromatic heterocycles. The minimum atomic E-state index is -0.584. The second kappa shape index (κ2) is 5.59. The van der Waals surface area contributed by atoms with E-state index in [9.17, 15) is 4.79 Å². The first kappa shape index (κ1) is 13.2. The summed E-state index contributed by atoms with van der Waals surface area (Å²) in [4.78, 5) is 12.4. The number of nitrogens with two attached hydrogens (primary N) is 1. The molecule has 2 aromatic rings. The average Bonchev–Trinajstić information content (AvgIpc) is 2.86. The lowest BCUT2D eigenvalue weighted by molar-refractivity contribution is 0.0946. The van der Waals surface area contributed by atoms with E-state index in [1.54, 1.807) is 0 Å². The molecule has 18 heavy (non-hydrogen) atoms. The van der Waals surface area contributed by atoms with Gasteiger partial charge in [-0.05, 0) is 48.2 Å². The minimum Gasteiger partial charge on any atom is -0.379 e. The third-order valence-corrected chi connectivity index (χ3v) is 4.94. The first-order valence-corrected chi connectivity index (χ1v) is 6.84. The van der Waals surface area contributed by atoms with Crippen molar-refractivity contribution >= 4 is 61.1 Å². The van der Waals surface area contributed by atoms with E-state index in [-0.39, 0.29) is 11.5 Å². The number of carbonyl (C=O) groups excluding carboxylic acids is 1. The SMILES string of the molecule is Nc1nonc1C(=O)NN=Cc1cc(Br)c(Br)s1. The highest BCUT2D eigenvalue weighted by molar-refractivity contribution is 9.13. The van der Waals surface area contributed by atoms with Gasteiger partial charge < -0.3 is 5.73 Å². The van der Waals surface area contributed by atoms with Gasteiger partial charge >= 0.3 is 0 Å². The number of anilines is 1. The molecule has 0 fully saturated rings. The number of hydrazone groups is 1. The van der Waals surface area contributed by atoms with Crippen molar-refractivity contribution in [1.29, 1.82) is 0 Å². The van der Waals surface area contributed by atoms with Crippen LogP contribution in [-0.2, 0) is 0 Å². The molecular formula is C8H5Br2N5O2S. The van der Waals surface area contributed by atoms with E-state index < -0.39 is 5.91 Å². The number of carbonyl (C=O) groups is 1. The molecule has 2 heterocycles. The van der Waals surface area contributed by atoms with E-state index in [0.717, 1.165) is 13.1 Å². The van der Waals surface area contributed by atoms with Gasteiger partial charge in [0.15, 0.2) is 0 Å². The molecule has 0 bridgehead atoms. The quantitative estimate of drug-likeness (QED) is 0.611. The molecule has 0 aliphatic carbocycles. The lowest BCUT2D eigenvalue weighted by atomic mass is 10.4. The van der Waals surface area contributed by atoms with Gasteiger partial charge in [-0.2, -0.15) is 5.10 Å². The molecule has 3 N–H and O–H groups in total. The Bertz CT molecular complexity index is 589. The fourth-order valence-corrected chi connectivity index (χ4v) is 2.95. The summed E-state index contributed by atoms with van der Waals surface area (Å²) in [5, 5.41) is 10.4. The van der Waals surface area contributed by atoms with Crippen LogP contribution in [0, 0.1) is 0 Å². The molecule has 0 aliphatic rings. The second-order valence-electron chi connectivity index (χ2n) is 2.97. The number of aromatic nitrogens is 2. The highest BCUT2D eigenvalue weighted by atomic mass is 79.9. The van der Waals surface area contributed by atoms with E-state index in [1.807, 2.05) is 6.07 Å². The van der Waals surface area contributed by atoms with Crippen molar-refractivity contribution in [2.24, 2.45) is 5.10 Å². The van der Waals surface area contributed by atoms with Crippen molar-refractivity contribution in [3.63, 3.8) is 0 Å². The van der Waals surface area contributed by atoms with Crippen LogP contribution in [0.25, 0.3) is 0 Å². The summed E-state index contributed by atoms with van der Waals surface area (Å²) < 4.78 is 6.17. The molecule has 0 saturated heterocycles. The lowest BCUT2D eigenvalue weighted by Gasteiger charge is -1.93. The van der Waals surface area contributed by atoms with E-state index >= 15 is 0 Å². The molecule has 0 saturated carbocycles. The number of nitrogens with zero attached hydrogens (tertiary/aromatic N) is 3. The first-order chi connectivity index (χ1) is 8.58. The van der Waals surface area contributed by atoms with Crippen molar-refractivity contribution in [3.05, 3.63) is 24.9 Å². The number of thiophene rings is 1. The Labute approximate surface area is 122 Å². The Kier molecular flexibility index (Phi) is 4.09. The highest BCUT2D eigenvalue weighted by Crippen LogP contribution is 2.31. The van der Waals surface area contributed by atoms with Gasteiger partial charge in [0.05, 0.1) is 10.0 Å². The maximum atomic E-state index is 11.5. The second-order valence-corrected chi connectivity index (χ2v) is 6.22. The van der Waals surface area contributed by atoms with Gasteiger partial charge in [-0.1, -0.05) is 0 Å². The molecule has 0 aliphatic heterocycles. The van der Waals surface area contributed by atoms with Gasteiger partial charge in [-0.15, -0.1) is 11.3 Å². The molecule has 7 nitrogen and oxygen atoms in total. The number of amides is 1. The Morgan fingerprint density at radius 1 is 1.56 bits per heavy atom. The molecule has 0 spiro atoms. The number of nitrogens with one attached hydrogen (secondary N) is 1. The fourth-order valence-electron chi connectivity index (χ4n) is 0.987. The number of nitrogen functional groups attached to an aromatic ring is 1. The summed E-state index contributed by atoms with van der Waals surface area (Å²) >= 11 is 8.16. The zero-order valence-corrected chi connectivity index (χ0v) is 12.5. The zero-order valence-electron chi connectivity index (χ0n) is 8.55. The summed E-state index contributed by atoms with van der Waals surface area (Å²) in [5.41, 5.74) is 7.53. The topological polar surface area (TPSA) is 106 Å². The molecule has 94 valence electrons. The standard InChI is InChI=1S/C8H5Br2N5O2S/c9-4-1-3(18-6(4)10)2-12-13-8(16)5-7(11)15-17-14-5/h1-2H,(H2,11,15)(H,13,16). The normalized spacial score (nSPS) is 11.0. The Morgan fingerprint density at radius 2 is 2.33 bits per heavy atom. The van der Waals surface area contributed by atoms with E-state index in [2.05, 4.69) is 57.3 Å². The predicted molar refractivity (Wildman–Crippen MR) is 73.5 cm³/mol. The molecule has 0 atom stereocenters. The largest absolute Gasteiger partial charge is 0.379 e. The summed E-state index contributed by atoms with van der Waals surface area (Å²) in [6.45, 7) is 0. The molecule has 10 heteroatoms. The Morgan fingerprint density at radius 3 is 2.89 bits per heavy atom. The fraction of sp³-hybridized carbons (Fsp3) is 0. The maximum Gasteiger partial charge on any atom is 0.297 e. The van der Waals surface area contributed by atoms with Crippen LogP contribution < -0.4 is 11.2 Å². The van der Waals surface area contributed by atoms with Crippen LogP contribution in [0.3, 0.4) is 0 Å². The number of rotatable bonds is 3. The molecule has 0 aromatic carbocycles. The molecule has 1 amide bonds. The van der Waals surface area contributed by atoms with Crippen LogP contribution in [0.4, 0.5) is 5.82 Å². The molecule has 0 unspecified atom stereocenters. The van der Waals surface area contributed by atoms with E-state index in [1.165, 1.54) is 17.6 Å². The number of hydrogen-bond acceptors (Lipinski definition) is 7. The minimum absolute atomic E-state index is 0.0793. The van der Waals surface area contributed by atoms with E-state index in [4.69, 9.17) is 5.73 Å². The van der Waals surface area contributed by atoms with Crippen LogP contribution >= 0.6 is 43.2 Å². The third kappa shape index (κ3) is 2.94. The molecule has 2 rings (SSSR count). The van der Waals surface area contributed by atoms with Crippen molar-refractivity contribution in [2.75, 3.05) is 5.73 Å². The summed E-state index contributed by atoms with van der Waals surface area (Å²) in [7, 11) is 0. The van der Waals surface area contributed by atoms with Gasteiger partial charge in [0.1, 0.15) is 0 Å². The number of hydrogen-bond donors (Lipinski definition) is 2. The van der Waals surface area contributed by atoms with Crippen LogP contribution in [0.15, 0.2) is 24.1 Å². The Hall–Kier alpha value is -1.26. The molecular weight excluding hydrogens is 390 g/mol. The number of halogens is 2. The van der Waals surface area contributed by atoms with Crippen LogP contribution in [0.1, 0.15) is 15.4 Å². The van der Waals surface area contributed by atoms with Crippen molar-refractivity contribution < 1.29 is 9.42 Å². The summed E-state index contributed by atoms with van der Waals surface area (Å²) in [5.74, 6) is -0.663. The highest BCUT2D eigenvalue weighted by Gasteiger charge is 2.14. The Balaban J connectivity index is 2.00. The van der Waals surface area contributed by atoms with Crippen LogP contribution in [0.2, 0.25) is 0 Å². The van der Waals surface area contributed by atoms with Crippen LogP contribution in [-0.4, -0.2) is 22.4 Å². The monoisotopic (exact) mass is 393 g/mol. The van der Waals surface area contributed by atoms with Gasteiger partial charge in [0.2, 0.25) is 11.5 Å². The maximum absolute atomic E-state index is 11.5. The first-order valence-electron chi connectivity index (χ1n) is 4.44. The van der Waals surface area contributed by atoms with E-state index in [0.29, 0.717) is 0 Å². The average molecular weight is 395 g/mol.